The van der Waals surface area contributed by atoms with Gasteiger partial charge in [-0.25, -0.2) is 4.39 Å². The number of thiophene rings is 1. The summed E-state index contributed by atoms with van der Waals surface area (Å²) in [4.78, 5) is 17.9. The van der Waals surface area contributed by atoms with Gasteiger partial charge in [-0.05, 0) is 30.3 Å². The molecule has 0 spiro atoms. The van der Waals surface area contributed by atoms with Gasteiger partial charge in [0.1, 0.15) is 5.82 Å². The van der Waals surface area contributed by atoms with Gasteiger partial charge < -0.3 is 9.84 Å². The summed E-state index contributed by atoms with van der Waals surface area (Å²) in [6.45, 7) is 0.124. The second kappa shape index (κ2) is 7.51. The van der Waals surface area contributed by atoms with Crippen LogP contribution in [0.5, 0.6) is 0 Å². The molecule has 0 bridgehead atoms. The Morgan fingerprint density at radius 1 is 1.04 bits per heavy atom. The zero-order valence-electron chi connectivity index (χ0n) is 14.1. The van der Waals surface area contributed by atoms with Gasteiger partial charge in [0.25, 0.3) is 11.8 Å². The zero-order valence-corrected chi connectivity index (χ0v) is 14.9. The average molecular weight is 379 g/mol. The minimum atomic E-state index is -0.343. The Labute approximate surface area is 158 Å². The number of benzene rings is 2. The van der Waals surface area contributed by atoms with E-state index in [1.165, 1.54) is 17.4 Å². The maximum atomic E-state index is 13.6. The fourth-order valence-corrected chi connectivity index (χ4v) is 3.35. The first-order valence-electron chi connectivity index (χ1n) is 8.21. The number of rotatable bonds is 5. The van der Waals surface area contributed by atoms with Gasteiger partial charge in [0.2, 0.25) is 5.82 Å². The summed E-state index contributed by atoms with van der Waals surface area (Å²) in [6.07, 6.45) is 0. The number of nitrogens with zero attached hydrogens (tertiary/aromatic N) is 2. The van der Waals surface area contributed by atoms with Crippen molar-refractivity contribution in [2.24, 2.45) is 0 Å². The molecule has 7 heteroatoms. The Morgan fingerprint density at radius 3 is 2.63 bits per heavy atom. The van der Waals surface area contributed by atoms with Crippen LogP contribution in [0.15, 0.2) is 71.3 Å². The fourth-order valence-electron chi connectivity index (χ4n) is 2.51. The Balaban J connectivity index is 1.46. The van der Waals surface area contributed by atoms with Crippen molar-refractivity contribution in [3.63, 3.8) is 0 Å². The Kier molecular flexibility index (Phi) is 4.76. The van der Waals surface area contributed by atoms with E-state index in [-0.39, 0.29) is 18.3 Å². The van der Waals surface area contributed by atoms with Crippen LogP contribution >= 0.6 is 11.3 Å². The highest BCUT2D eigenvalue weighted by molar-refractivity contribution is 7.17. The minimum Gasteiger partial charge on any atom is -0.347 e. The van der Waals surface area contributed by atoms with Crippen molar-refractivity contribution in [3.05, 3.63) is 83.0 Å². The van der Waals surface area contributed by atoms with Crippen molar-refractivity contribution < 1.29 is 13.7 Å². The number of halogens is 1. The molecular formula is C20H14FN3O2S. The van der Waals surface area contributed by atoms with E-state index in [9.17, 15) is 9.18 Å². The number of amides is 1. The maximum absolute atomic E-state index is 13.6. The van der Waals surface area contributed by atoms with E-state index in [1.54, 1.807) is 30.3 Å². The monoisotopic (exact) mass is 379 g/mol. The van der Waals surface area contributed by atoms with E-state index >= 15 is 0 Å². The average Bonchev–Trinajstić information content (AvgIpc) is 3.37. The second-order valence-electron chi connectivity index (χ2n) is 5.73. The number of aromatic nitrogens is 2. The van der Waals surface area contributed by atoms with E-state index in [0.717, 1.165) is 10.4 Å². The topological polar surface area (TPSA) is 68.0 Å². The summed E-state index contributed by atoms with van der Waals surface area (Å²) in [5, 5.41) is 6.70. The largest absolute Gasteiger partial charge is 0.347 e. The van der Waals surface area contributed by atoms with Crippen LogP contribution in [-0.4, -0.2) is 16.0 Å². The lowest BCUT2D eigenvalue weighted by molar-refractivity contribution is 0.0954. The predicted molar refractivity (Wildman–Crippen MR) is 101 cm³/mol. The van der Waals surface area contributed by atoms with Gasteiger partial charge in [-0.1, -0.05) is 41.6 Å². The van der Waals surface area contributed by atoms with Gasteiger partial charge >= 0.3 is 0 Å². The second-order valence-corrected chi connectivity index (χ2v) is 6.81. The third-order valence-corrected chi connectivity index (χ3v) is 4.97. The first-order chi connectivity index (χ1) is 13.2. The molecule has 2 aromatic heterocycles. The standard InChI is InChI=1S/C20H14FN3O2S/c21-15-9-5-4-8-14(15)12-22-19(25)17-11-10-16(27-17)18-23-20(26-24-18)13-6-2-1-3-7-13/h1-11H,12H2,(H,22,25). The smallest absolute Gasteiger partial charge is 0.261 e. The van der Waals surface area contributed by atoms with Crippen molar-refractivity contribution in [2.45, 2.75) is 6.54 Å². The van der Waals surface area contributed by atoms with Crippen molar-refractivity contribution in [3.8, 4) is 22.2 Å². The fraction of sp³-hybridized carbons (Fsp3) is 0.0500. The highest BCUT2D eigenvalue weighted by Gasteiger charge is 2.15. The number of nitrogens with one attached hydrogen (secondary N) is 1. The molecule has 0 aliphatic rings. The molecule has 0 fully saturated rings. The molecule has 2 heterocycles. The lowest BCUT2D eigenvalue weighted by Crippen LogP contribution is -2.22. The maximum Gasteiger partial charge on any atom is 0.261 e. The molecule has 0 saturated heterocycles. The van der Waals surface area contributed by atoms with Crippen LogP contribution in [0.3, 0.4) is 0 Å². The van der Waals surface area contributed by atoms with Gasteiger partial charge in [0, 0.05) is 17.7 Å². The number of carbonyl (C=O) groups excluding carboxylic acids is 1. The summed E-state index contributed by atoms with van der Waals surface area (Å²) < 4.78 is 18.9. The molecule has 4 aromatic rings. The third kappa shape index (κ3) is 3.78. The van der Waals surface area contributed by atoms with Crippen molar-refractivity contribution in [1.82, 2.24) is 15.5 Å². The first-order valence-corrected chi connectivity index (χ1v) is 9.03. The summed E-state index contributed by atoms with van der Waals surface area (Å²) in [5.41, 5.74) is 1.27. The van der Waals surface area contributed by atoms with Crippen molar-refractivity contribution >= 4 is 17.2 Å². The van der Waals surface area contributed by atoms with Crippen LogP contribution in [0, 0.1) is 5.82 Å². The molecule has 134 valence electrons. The zero-order chi connectivity index (χ0) is 18.6. The third-order valence-electron chi connectivity index (χ3n) is 3.89. The number of carbonyl (C=O) groups is 1. The summed E-state index contributed by atoms with van der Waals surface area (Å²) >= 11 is 1.25. The molecular weight excluding hydrogens is 365 g/mol. The van der Waals surface area contributed by atoms with E-state index < -0.39 is 0 Å². The SMILES string of the molecule is O=C(NCc1ccccc1F)c1ccc(-c2noc(-c3ccccc3)n2)s1. The van der Waals surface area contributed by atoms with Crippen molar-refractivity contribution in [2.75, 3.05) is 0 Å². The van der Waals surface area contributed by atoms with Crippen LogP contribution in [0.2, 0.25) is 0 Å². The van der Waals surface area contributed by atoms with Crippen LogP contribution in [0.1, 0.15) is 15.2 Å². The van der Waals surface area contributed by atoms with Gasteiger partial charge in [-0.15, -0.1) is 11.3 Å². The van der Waals surface area contributed by atoms with E-state index in [1.807, 2.05) is 30.3 Å². The summed E-state index contributed by atoms with van der Waals surface area (Å²) in [7, 11) is 0. The van der Waals surface area contributed by atoms with Gasteiger partial charge in [-0.2, -0.15) is 4.98 Å². The number of hydrogen-bond acceptors (Lipinski definition) is 5. The molecule has 0 unspecified atom stereocenters. The summed E-state index contributed by atoms with van der Waals surface area (Å²) in [5.74, 6) is 0.225. The van der Waals surface area contributed by atoms with Crippen molar-refractivity contribution in [1.29, 1.82) is 0 Å². The van der Waals surface area contributed by atoms with Gasteiger partial charge in [0.15, 0.2) is 0 Å². The van der Waals surface area contributed by atoms with Crippen LogP contribution in [0.4, 0.5) is 4.39 Å². The quantitative estimate of drug-likeness (QED) is 0.553. The molecule has 0 aliphatic carbocycles. The highest BCUT2D eigenvalue weighted by atomic mass is 32.1. The van der Waals surface area contributed by atoms with E-state index in [4.69, 9.17) is 4.52 Å². The van der Waals surface area contributed by atoms with Gasteiger partial charge in [-0.3, -0.25) is 4.79 Å². The molecule has 4 rings (SSSR count). The molecule has 2 aromatic carbocycles. The lowest BCUT2D eigenvalue weighted by atomic mass is 10.2. The Morgan fingerprint density at radius 2 is 1.81 bits per heavy atom. The predicted octanol–water partition coefficient (Wildman–Crippen LogP) is 4.53. The number of hydrogen-bond donors (Lipinski definition) is 1. The molecule has 0 aliphatic heterocycles. The van der Waals surface area contributed by atoms with E-state index in [2.05, 4.69) is 15.5 Å². The van der Waals surface area contributed by atoms with Crippen LogP contribution < -0.4 is 5.32 Å². The van der Waals surface area contributed by atoms with E-state index in [0.29, 0.717) is 22.2 Å². The minimum absolute atomic E-state index is 0.124. The molecule has 0 radical (unpaired) electrons. The molecule has 0 saturated carbocycles. The first kappa shape index (κ1) is 17.1. The van der Waals surface area contributed by atoms with Crippen LogP contribution in [0.25, 0.3) is 22.2 Å². The Hall–Kier alpha value is -3.32. The molecule has 5 nitrogen and oxygen atoms in total. The normalized spacial score (nSPS) is 10.7. The highest BCUT2D eigenvalue weighted by Crippen LogP contribution is 2.28. The van der Waals surface area contributed by atoms with Gasteiger partial charge in [0.05, 0.1) is 9.75 Å². The molecule has 1 amide bonds. The molecule has 0 atom stereocenters. The molecule has 1 N–H and O–H groups in total. The summed E-state index contributed by atoms with van der Waals surface area (Å²) in [6, 6.07) is 19.3. The van der Waals surface area contributed by atoms with Crippen LogP contribution in [-0.2, 0) is 6.54 Å². The Bertz CT molecular complexity index is 1080. The lowest BCUT2D eigenvalue weighted by Gasteiger charge is -2.04. The molecule has 27 heavy (non-hydrogen) atoms.